The zero-order valence-electron chi connectivity index (χ0n) is 43.8. The topological polar surface area (TPSA) is 206 Å². The number of rotatable bonds is 8. The van der Waals surface area contributed by atoms with Crippen molar-refractivity contribution in [3.05, 3.63) is 240 Å². The highest BCUT2D eigenvalue weighted by Crippen LogP contribution is 2.26. The van der Waals surface area contributed by atoms with Crippen LogP contribution in [0.2, 0.25) is 0 Å². The Balaban J connectivity index is 0.000000127. The van der Waals surface area contributed by atoms with E-state index >= 15 is 0 Å². The van der Waals surface area contributed by atoms with Crippen molar-refractivity contribution in [1.29, 1.82) is 0 Å². The van der Waals surface area contributed by atoms with Crippen LogP contribution in [0.3, 0.4) is 0 Å². The van der Waals surface area contributed by atoms with Crippen LogP contribution in [0.15, 0.2) is 206 Å². The van der Waals surface area contributed by atoms with E-state index in [0.717, 1.165) is 77.9 Å². The number of aromatic nitrogens is 16. The molecule has 0 saturated carbocycles. The van der Waals surface area contributed by atoms with Crippen molar-refractivity contribution in [1.82, 2.24) is 81.6 Å². The van der Waals surface area contributed by atoms with Gasteiger partial charge >= 0.3 is 0 Å². The predicted octanol–water partition coefficient (Wildman–Crippen LogP) is 12.3. The first-order chi connectivity index (χ1) is 38.2. The molecule has 0 amide bonds. The summed E-state index contributed by atoms with van der Waals surface area (Å²) in [6, 6.07) is 66.9. The van der Waals surface area contributed by atoms with Gasteiger partial charge in [0, 0.05) is 44.5 Å². The summed E-state index contributed by atoms with van der Waals surface area (Å²) in [6.45, 7) is 12.2. The first-order valence-electron chi connectivity index (χ1n) is 25.0. The van der Waals surface area contributed by atoms with Crippen molar-refractivity contribution in [3.63, 3.8) is 0 Å². The minimum Gasteiger partial charge on any atom is -0.126 e. The Bertz CT molecular complexity index is 3690. The summed E-state index contributed by atoms with van der Waals surface area (Å²) in [6.07, 6.45) is 0. The molecule has 0 aliphatic heterocycles. The lowest BCUT2D eigenvalue weighted by atomic mass is 10.0. The van der Waals surface area contributed by atoms with Gasteiger partial charge in [0.05, 0.1) is 0 Å². The van der Waals surface area contributed by atoms with Gasteiger partial charge in [0.25, 0.3) is 0 Å². The van der Waals surface area contributed by atoms with Gasteiger partial charge in [-0.15, -0.1) is 81.6 Å². The second-order valence-electron chi connectivity index (χ2n) is 17.8. The number of hydrogen-bond acceptors (Lipinski definition) is 16. The number of hydrogen-bond donors (Lipinski definition) is 0. The number of benzene rings is 8. The molecular weight excluding hydrogens is 969 g/mol. The molecule has 0 spiro atoms. The van der Waals surface area contributed by atoms with Crippen molar-refractivity contribution >= 4 is 0 Å². The molecule has 380 valence electrons. The van der Waals surface area contributed by atoms with Crippen molar-refractivity contribution in [2.24, 2.45) is 0 Å². The molecule has 0 radical (unpaired) electrons. The van der Waals surface area contributed by atoms with Crippen LogP contribution < -0.4 is 0 Å². The van der Waals surface area contributed by atoms with E-state index in [1.807, 2.05) is 248 Å². The Morgan fingerprint density at radius 3 is 0.603 bits per heavy atom. The second kappa shape index (κ2) is 25.6. The van der Waals surface area contributed by atoms with Gasteiger partial charge in [-0.3, -0.25) is 0 Å². The van der Waals surface area contributed by atoms with Gasteiger partial charge in [-0.2, -0.15) is 0 Å². The van der Waals surface area contributed by atoms with Gasteiger partial charge in [-0.05, 0) is 74.9 Å². The summed E-state index contributed by atoms with van der Waals surface area (Å²) >= 11 is 0. The van der Waals surface area contributed by atoms with Gasteiger partial charge in [0.15, 0.2) is 0 Å². The summed E-state index contributed by atoms with van der Waals surface area (Å²) in [4.78, 5) is 0. The van der Waals surface area contributed by atoms with Crippen LogP contribution >= 0.6 is 0 Å². The van der Waals surface area contributed by atoms with E-state index in [9.17, 15) is 0 Å². The van der Waals surface area contributed by atoms with Crippen LogP contribution in [0.25, 0.3) is 91.1 Å². The molecule has 4 heterocycles. The molecule has 0 unspecified atom stereocenters. The standard InChI is InChI=1S/C17H16N4.C16H14N4.C15H12N4.C14H10N4/c1-11-7-4-5-10-14(11)16-18-20-17(21-19-16)15-12(2)8-6-9-13(15)3;1-11-7-3-5-9-13(11)15-17-19-16(20-18-15)14-10-6-4-8-12(14)2;1-11-7-5-6-10-13(11)15-18-16-14(17-19-15)12-8-3-2-4-9-12;1-3-7-11(8-4-1)13-15-17-14(18-16-13)12-9-5-2-6-10-12/h4-10H,1-3H3;3-10H,1-2H3;2-10H,1H3;1-10H. The summed E-state index contributed by atoms with van der Waals surface area (Å²) in [5.74, 6) is 4.41. The van der Waals surface area contributed by atoms with Crippen molar-refractivity contribution in [2.45, 2.75) is 41.5 Å². The highest BCUT2D eigenvalue weighted by molar-refractivity contribution is 5.66. The molecule has 0 saturated heterocycles. The van der Waals surface area contributed by atoms with Gasteiger partial charge < -0.3 is 0 Å². The number of nitrogens with zero attached hydrogens (tertiary/aromatic N) is 16. The molecule has 4 aromatic heterocycles. The SMILES string of the molecule is Cc1ccccc1-c1nnc(-c2c(C)cccc2C)nn1.Cc1ccccc1-c1nnc(-c2ccccc2)nn1.Cc1ccccc1-c1nnc(-c2ccccc2C)nn1.c1ccc(-c2nnc(-c3ccccc3)nn2)cc1. The Labute approximate surface area is 452 Å². The van der Waals surface area contributed by atoms with Gasteiger partial charge in [0.1, 0.15) is 0 Å². The fourth-order valence-corrected chi connectivity index (χ4v) is 8.02. The molecule has 8 aromatic carbocycles. The fourth-order valence-electron chi connectivity index (χ4n) is 8.02. The van der Waals surface area contributed by atoms with Gasteiger partial charge in [-0.25, -0.2) is 0 Å². The quantitative estimate of drug-likeness (QED) is 0.139. The third-order valence-corrected chi connectivity index (χ3v) is 12.3. The lowest BCUT2D eigenvalue weighted by Crippen LogP contribution is -2.02. The third-order valence-electron chi connectivity index (χ3n) is 12.3. The van der Waals surface area contributed by atoms with E-state index < -0.39 is 0 Å². The van der Waals surface area contributed by atoms with Crippen molar-refractivity contribution in [3.8, 4) is 91.1 Å². The van der Waals surface area contributed by atoms with Crippen molar-refractivity contribution in [2.75, 3.05) is 0 Å². The van der Waals surface area contributed by atoms with Crippen LogP contribution in [0.1, 0.15) is 33.4 Å². The Kier molecular flexibility index (Phi) is 17.2. The van der Waals surface area contributed by atoms with Gasteiger partial charge in [-0.1, -0.05) is 206 Å². The van der Waals surface area contributed by atoms with E-state index in [2.05, 4.69) is 81.6 Å². The van der Waals surface area contributed by atoms with Gasteiger partial charge in [0.2, 0.25) is 46.6 Å². The first-order valence-corrected chi connectivity index (χ1v) is 25.0. The summed E-state index contributed by atoms with van der Waals surface area (Å²) in [7, 11) is 0. The molecular formula is C62H52N16. The average molecular weight is 1020 g/mol. The number of aryl methyl sites for hydroxylation is 6. The molecule has 0 fully saturated rings. The lowest BCUT2D eigenvalue weighted by molar-refractivity contribution is 0.872. The third kappa shape index (κ3) is 13.2. The maximum Gasteiger partial charge on any atom is 0.204 e. The zero-order valence-corrected chi connectivity index (χ0v) is 43.8. The molecule has 16 heteroatoms. The molecule has 78 heavy (non-hydrogen) atoms. The monoisotopic (exact) mass is 1020 g/mol. The second-order valence-corrected chi connectivity index (χ2v) is 17.8. The molecule has 0 aliphatic rings. The maximum atomic E-state index is 4.26. The molecule has 0 atom stereocenters. The average Bonchev–Trinajstić information content (AvgIpc) is 3.49. The normalized spacial score (nSPS) is 10.4. The Hall–Kier alpha value is -10.5. The van der Waals surface area contributed by atoms with Crippen LogP contribution in [-0.4, -0.2) is 81.6 Å². The van der Waals surface area contributed by atoms with Crippen molar-refractivity contribution < 1.29 is 0 Å². The largest absolute Gasteiger partial charge is 0.204 e. The Morgan fingerprint density at radius 1 is 0.167 bits per heavy atom. The van der Waals surface area contributed by atoms with E-state index in [0.29, 0.717) is 46.6 Å². The molecule has 16 nitrogen and oxygen atoms in total. The Morgan fingerprint density at radius 2 is 0.359 bits per heavy atom. The molecule has 12 aromatic rings. The lowest BCUT2D eigenvalue weighted by Gasteiger charge is -2.07. The van der Waals surface area contributed by atoms with Crippen LogP contribution in [0.5, 0.6) is 0 Å². The zero-order chi connectivity index (χ0) is 54.1. The first kappa shape index (κ1) is 52.4. The van der Waals surface area contributed by atoms with E-state index in [4.69, 9.17) is 0 Å². The minimum absolute atomic E-state index is 0.537. The van der Waals surface area contributed by atoms with Crippen LogP contribution in [-0.2, 0) is 0 Å². The summed E-state index contributed by atoms with van der Waals surface area (Å²) < 4.78 is 0. The molecule has 0 bridgehead atoms. The maximum absolute atomic E-state index is 4.26. The minimum atomic E-state index is 0.537. The highest BCUT2D eigenvalue weighted by atomic mass is 15.3. The predicted molar refractivity (Wildman–Crippen MR) is 302 cm³/mol. The van der Waals surface area contributed by atoms with Crippen LogP contribution in [0, 0.1) is 41.5 Å². The smallest absolute Gasteiger partial charge is 0.126 e. The van der Waals surface area contributed by atoms with E-state index in [1.165, 1.54) is 0 Å². The summed E-state index contributed by atoms with van der Waals surface area (Å²) in [5, 5.41) is 66.9. The fraction of sp³-hybridized carbons (Fsp3) is 0.0968. The molecule has 12 rings (SSSR count). The summed E-state index contributed by atoms with van der Waals surface area (Å²) in [5.41, 5.74) is 14.3. The van der Waals surface area contributed by atoms with E-state index in [-0.39, 0.29) is 0 Å². The van der Waals surface area contributed by atoms with E-state index in [1.54, 1.807) is 0 Å². The highest BCUT2D eigenvalue weighted by Gasteiger charge is 2.14. The molecule has 0 N–H and O–H groups in total. The van der Waals surface area contributed by atoms with Crippen LogP contribution in [0.4, 0.5) is 0 Å². The molecule has 0 aliphatic carbocycles.